The molecular weight excluding hydrogens is 332 g/mol. The molecule has 120 valence electrons. The molecule has 0 atom stereocenters. The van der Waals surface area contributed by atoms with E-state index in [9.17, 15) is 9.59 Å². The Hall–Kier alpha value is -1.98. The first kappa shape index (κ1) is 17.4. The summed E-state index contributed by atoms with van der Waals surface area (Å²) in [4.78, 5) is 24.3. The van der Waals surface area contributed by atoms with Crippen LogP contribution in [-0.2, 0) is 9.59 Å². The molecule has 2 aromatic carbocycles. The minimum Gasteiger partial charge on any atom is -0.325 e. The first-order chi connectivity index (χ1) is 11.0. The van der Waals surface area contributed by atoms with Crippen molar-refractivity contribution in [2.75, 3.05) is 16.4 Å². The Morgan fingerprint density at radius 3 is 2.57 bits per heavy atom. The monoisotopic (exact) mass is 348 g/mol. The largest absolute Gasteiger partial charge is 0.325 e. The van der Waals surface area contributed by atoms with Crippen molar-refractivity contribution in [3.63, 3.8) is 0 Å². The maximum Gasteiger partial charge on any atom is 0.234 e. The van der Waals surface area contributed by atoms with Crippen LogP contribution in [0.4, 0.5) is 11.4 Å². The third-order valence-electron chi connectivity index (χ3n) is 3.01. The first-order valence-corrected chi connectivity index (χ1v) is 8.37. The van der Waals surface area contributed by atoms with Crippen LogP contribution in [0.3, 0.4) is 0 Å². The summed E-state index contributed by atoms with van der Waals surface area (Å²) in [7, 11) is 0. The van der Waals surface area contributed by atoms with E-state index in [4.69, 9.17) is 11.6 Å². The van der Waals surface area contributed by atoms with Crippen molar-refractivity contribution in [2.45, 2.75) is 18.7 Å². The average Bonchev–Trinajstić information content (AvgIpc) is 2.49. The molecule has 0 fully saturated rings. The Morgan fingerprint density at radius 2 is 1.87 bits per heavy atom. The van der Waals surface area contributed by atoms with E-state index in [0.717, 1.165) is 10.5 Å². The third kappa shape index (κ3) is 5.30. The van der Waals surface area contributed by atoms with Gasteiger partial charge >= 0.3 is 0 Å². The molecule has 0 radical (unpaired) electrons. The second-order valence-corrected chi connectivity index (χ2v) is 6.40. The number of benzene rings is 2. The van der Waals surface area contributed by atoms with E-state index in [1.807, 2.05) is 31.2 Å². The summed E-state index contributed by atoms with van der Waals surface area (Å²) in [6.45, 7) is 3.42. The summed E-state index contributed by atoms with van der Waals surface area (Å²) in [6, 6.07) is 12.9. The van der Waals surface area contributed by atoms with Crippen LogP contribution < -0.4 is 10.6 Å². The van der Waals surface area contributed by atoms with Crippen LogP contribution in [0.5, 0.6) is 0 Å². The number of nitrogens with one attached hydrogen (secondary N) is 2. The van der Waals surface area contributed by atoms with E-state index >= 15 is 0 Å². The lowest BCUT2D eigenvalue weighted by Crippen LogP contribution is -2.14. The van der Waals surface area contributed by atoms with E-state index in [0.29, 0.717) is 22.2 Å². The van der Waals surface area contributed by atoms with E-state index in [1.54, 1.807) is 18.2 Å². The Balaban J connectivity index is 1.97. The van der Waals surface area contributed by atoms with Crippen molar-refractivity contribution >= 4 is 46.6 Å². The van der Waals surface area contributed by atoms with Gasteiger partial charge in [-0.05, 0) is 36.8 Å². The molecule has 0 bridgehead atoms. The highest BCUT2D eigenvalue weighted by atomic mass is 35.5. The molecule has 2 amide bonds. The van der Waals surface area contributed by atoms with Crippen LogP contribution in [-0.4, -0.2) is 17.6 Å². The smallest absolute Gasteiger partial charge is 0.234 e. The highest BCUT2D eigenvalue weighted by molar-refractivity contribution is 8.00. The minimum atomic E-state index is -0.217. The first-order valence-electron chi connectivity index (χ1n) is 7.01. The summed E-state index contributed by atoms with van der Waals surface area (Å²) < 4.78 is 0. The van der Waals surface area contributed by atoms with Crippen LogP contribution >= 0.6 is 23.4 Å². The van der Waals surface area contributed by atoms with Gasteiger partial charge in [0.1, 0.15) is 0 Å². The van der Waals surface area contributed by atoms with Crippen molar-refractivity contribution in [3.8, 4) is 0 Å². The molecule has 4 nitrogen and oxygen atoms in total. The molecule has 0 aliphatic heterocycles. The highest BCUT2D eigenvalue weighted by Gasteiger charge is 2.08. The van der Waals surface area contributed by atoms with E-state index < -0.39 is 0 Å². The predicted octanol–water partition coefficient (Wildman–Crippen LogP) is 4.34. The Kier molecular flexibility index (Phi) is 6.07. The van der Waals surface area contributed by atoms with Gasteiger partial charge in [0.2, 0.25) is 11.8 Å². The van der Waals surface area contributed by atoms with Gasteiger partial charge in [0.15, 0.2) is 0 Å². The normalized spacial score (nSPS) is 10.2. The standard InChI is InChI=1S/C17H17ClN2O2S/c1-11-5-3-4-6-16(11)23-10-17(22)20-13-7-8-14(18)15(9-13)19-12(2)21/h3-9H,10H2,1-2H3,(H,19,21)(H,20,22). The second-order valence-electron chi connectivity index (χ2n) is 4.98. The molecule has 23 heavy (non-hydrogen) atoms. The molecule has 0 unspecified atom stereocenters. The lowest BCUT2D eigenvalue weighted by Gasteiger charge is -2.10. The van der Waals surface area contributed by atoms with Crippen molar-refractivity contribution in [1.29, 1.82) is 0 Å². The molecule has 0 spiro atoms. The zero-order valence-electron chi connectivity index (χ0n) is 12.9. The number of rotatable bonds is 5. The lowest BCUT2D eigenvalue weighted by molar-refractivity contribution is -0.114. The van der Waals surface area contributed by atoms with Gasteiger partial charge in [0.05, 0.1) is 16.5 Å². The van der Waals surface area contributed by atoms with Gasteiger partial charge in [0.25, 0.3) is 0 Å². The number of anilines is 2. The fourth-order valence-electron chi connectivity index (χ4n) is 1.95. The predicted molar refractivity (Wildman–Crippen MR) is 96.3 cm³/mol. The molecular formula is C17H17ClN2O2S. The van der Waals surface area contributed by atoms with Gasteiger partial charge in [-0.1, -0.05) is 29.8 Å². The molecule has 0 aliphatic carbocycles. The highest BCUT2D eigenvalue weighted by Crippen LogP contribution is 2.26. The molecule has 2 aromatic rings. The quantitative estimate of drug-likeness (QED) is 0.790. The number of halogens is 1. The van der Waals surface area contributed by atoms with Gasteiger partial charge in [0, 0.05) is 17.5 Å². The van der Waals surface area contributed by atoms with Gasteiger partial charge in [-0.3, -0.25) is 9.59 Å². The van der Waals surface area contributed by atoms with Crippen LogP contribution in [0.2, 0.25) is 5.02 Å². The van der Waals surface area contributed by atoms with Gasteiger partial charge < -0.3 is 10.6 Å². The number of aryl methyl sites for hydroxylation is 1. The maximum atomic E-state index is 12.1. The van der Waals surface area contributed by atoms with Gasteiger partial charge in [-0.15, -0.1) is 11.8 Å². The maximum absolute atomic E-state index is 12.1. The fourth-order valence-corrected chi connectivity index (χ4v) is 2.94. The molecule has 0 saturated carbocycles. The van der Waals surface area contributed by atoms with Crippen molar-refractivity contribution < 1.29 is 9.59 Å². The van der Waals surface area contributed by atoms with E-state index in [-0.39, 0.29) is 11.8 Å². The number of thioether (sulfide) groups is 1. The summed E-state index contributed by atoms with van der Waals surface area (Å²) in [5.74, 6) is -0.0250. The van der Waals surface area contributed by atoms with Crippen LogP contribution in [0.1, 0.15) is 12.5 Å². The summed E-state index contributed by atoms with van der Waals surface area (Å²) >= 11 is 7.49. The Labute approximate surface area is 144 Å². The molecule has 6 heteroatoms. The number of hydrogen-bond donors (Lipinski definition) is 2. The zero-order chi connectivity index (χ0) is 16.8. The van der Waals surface area contributed by atoms with Crippen molar-refractivity contribution in [1.82, 2.24) is 0 Å². The second kappa shape index (κ2) is 8.04. The SMILES string of the molecule is CC(=O)Nc1cc(NC(=O)CSc2ccccc2C)ccc1Cl. The molecule has 0 saturated heterocycles. The lowest BCUT2D eigenvalue weighted by atomic mass is 10.2. The third-order valence-corrected chi connectivity index (χ3v) is 4.52. The molecule has 0 aromatic heterocycles. The molecule has 0 heterocycles. The minimum absolute atomic E-state index is 0.116. The Morgan fingerprint density at radius 1 is 1.13 bits per heavy atom. The number of carbonyl (C=O) groups is 2. The van der Waals surface area contributed by atoms with E-state index in [1.165, 1.54) is 18.7 Å². The molecule has 2 rings (SSSR count). The topological polar surface area (TPSA) is 58.2 Å². The van der Waals surface area contributed by atoms with Crippen molar-refractivity contribution in [3.05, 3.63) is 53.1 Å². The zero-order valence-corrected chi connectivity index (χ0v) is 14.4. The van der Waals surface area contributed by atoms with Gasteiger partial charge in [-0.2, -0.15) is 0 Å². The van der Waals surface area contributed by atoms with Crippen LogP contribution in [0.15, 0.2) is 47.4 Å². The van der Waals surface area contributed by atoms with Gasteiger partial charge in [-0.25, -0.2) is 0 Å². The molecule has 2 N–H and O–H groups in total. The average molecular weight is 349 g/mol. The summed E-state index contributed by atoms with van der Waals surface area (Å²) in [5.41, 5.74) is 2.21. The Bertz CT molecular complexity index is 734. The summed E-state index contributed by atoms with van der Waals surface area (Å²) in [6.07, 6.45) is 0. The molecule has 0 aliphatic rings. The number of carbonyl (C=O) groups excluding carboxylic acids is 2. The van der Waals surface area contributed by atoms with E-state index in [2.05, 4.69) is 10.6 Å². The summed E-state index contributed by atoms with van der Waals surface area (Å²) in [5, 5.41) is 5.85. The number of amides is 2. The fraction of sp³-hybridized carbons (Fsp3) is 0.176. The van der Waals surface area contributed by atoms with Crippen LogP contribution in [0.25, 0.3) is 0 Å². The van der Waals surface area contributed by atoms with Crippen LogP contribution in [0, 0.1) is 6.92 Å². The van der Waals surface area contributed by atoms with Crippen molar-refractivity contribution in [2.24, 2.45) is 0 Å². The number of hydrogen-bond acceptors (Lipinski definition) is 3.